The first-order valence-corrected chi connectivity index (χ1v) is 7.10. The molecule has 0 aromatic carbocycles. The third-order valence-electron chi connectivity index (χ3n) is 3.20. The van der Waals surface area contributed by atoms with E-state index in [9.17, 15) is 0 Å². The topological polar surface area (TPSA) is 54.2 Å². The Morgan fingerprint density at radius 1 is 1.33 bits per heavy atom. The molecule has 1 aliphatic rings. The maximum atomic E-state index is 4.48. The van der Waals surface area contributed by atoms with Crippen LogP contribution in [0.2, 0.25) is 0 Å². The van der Waals surface area contributed by atoms with Gasteiger partial charge in [0.05, 0.1) is 0 Å². The number of pyridine rings is 1. The number of anilines is 1. The number of hydrogen-bond donors (Lipinski definition) is 2. The number of nitrogens with zero attached hydrogens (tertiary/aromatic N) is 3. The molecule has 1 fully saturated rings. The summed E-state index contributed by atoms with van der Waals surface area (Å²) in [6, 6.07) is 4.40. The van der Waals surface area contributed by atoms with Crippen molar-refractivity contribution in [3.63, 3.8) is 0 Å². The lowest BCUT2D eigenvalue weighted by molar-refractivity contribution is 0.631. The molecule has 1 aliphatic heterocycles. The van der Waals surface area contributed by atoms with Crippen LogP contribution >= 0.6 is 15.9 Å². The summed E-state index contributed by atoms with van der Waals surface area (Å²) in [4.78, 5) is 4.48. The van der Waals surface area contributed by atoms with E-state index in [0.717, 1.165) is 35.6 Å². The predicted molar refractivity (Wildman–Crippen MR) is 74.8 cm³/mol. The second kappa shape index (κ2) is 5.24. The Labute approximate surface area is 114 Å². The van der Waals surface area contributed by atoms with Crippen LogP contribution < -0.4 is 10.6 Å². The molecule has 5 nitrogen and oxygen atoms in total. The lowest BCUT2D eigenvalue weighted by Gasteiger charge is -2.13. The first-order valence-electron chi connectivity index (χ1n) is 6.30. The molecule has 3 rings (SSSR count). The van der Waals surface area contributed by atoms with Gasteiger partial charge in [-0.3, -0.25) is 0 Å². The van der Waals surface area contributed by atoms with Crippen molar-refractivity contribution in [3.05, 3.63) is 22.8 Å². The van der Waals surface area contributed by atoms with Gasteiger partial charge >= 0.3 is 0 Å². The summed E-state index contributed by atoms with van der Waals surface area (Å²) in [5, 5.41) is 11.3. The van der Waals surface area contributed by atoms with Crippen LogP contribution in [0.3, 0.4) is 0 Å². The van der Waals surface area contributed by atoms with E-state index in [1.807, 2.05) is 18.3 Å². The highest BCUT2D eigenvalue weighted by Gasteiger charge is 2.13. The normalized spacial score (nSPS) is 20.8. The van der Waals surface area contributed by atoms with Gasteiger partial charge in [0, 0.05) is 16.7 Å². The van der Waals surface area contributed by atoms with E-state index >= 15 is 0 Å². The van der Waals surface area contributed by atoms with Crippen LogP contribution in [-0.2, 0) is 0 Å². The SMILES string of the molecule is Brc1ccc2nc(NC3CCCNCC3)nn2c1. The van der Waals surface area contributed by atoms with E-state index in [1.54, 1.807) is 4.52 Å². The Bertz CT molecular complexity index is 530. The van der Waals surface area contributed by atoms with Crippen molar-refractivity contribution >= 4 is 27.5 Å². The lowest BCUT2D eigenvalue weighted by Crippen LogP contribution is -2.22. The molecule has 0 amide bonds. The van der Waals surface area contributed by atoms with Gasteiger partial charge in [-0.15, -0.1) is 5.10 Å². The van der Waals surface area contributed by atoms with Crippen LogP contribution in [0.4, 0.5) is 5.95 Å². The highest BCUT2D eigenvalue weighted by atomic mass is 79.9. The highest BCUT2D eigenvalue weighted by molar-refractivity contribution is 9.10. The summed E-state index contributed by atoms with van der Waals surface area (Å²) in [6.45, 7) is 2.18. The molecule has 18 heavy (non-hydrogen) atoms. The Morgan fingerprint density at radius 2 is 2.28 bits per heavy atom. The number of nitrogens with one attached hydrogen (secondary N) is 2. The molecule has 0 aliphatic carbocycles. The average molecular weight is 310 g/mol. The summed E-state index contributed by atoms with van der Waals surface area (Å²) < 4.78 is 2.80. The Hall–Kier alpha value is -1.14. The molecule has 96 valence electrons. The number of rotatable bonds is 2. The van der Waals surface area contributed by atoms with Crippen molar-refractivity contribution in [2.24, 2.45) is 0 Å². The first kappa shape index (κ1) is 11.9. The van der Waals surface area contributed by atoms with Gasteiger partial charge in [-0.1, -0.05) is 0 Å². The van der Waals surface area contributed by atoms with Gasteiger partial charge in [0.25, 0.3) is 0 Å². The van der Waals surface area contributed by atoms with Crippen molar-refractivity contribution in [2.75, 3.05) is 18.4 Å². The third kappa shape index (κ3) is 2.64. The number of aromatic nitrogens is 3. The summed E-state index contributed by atoms with van der Waals surface area (Å²) in [5.74, 6) is 0.722. The molecular weight excluding hydrogens is 294 g/mol. The van der Waals surface area contributed by atoms with Crippen LogP contribution in [0.25, 0.3) is 5.65 Å². The van der Waals surface area contributed by atoms with Crippen LogP contribution in [0.15, 0.2) is 22.8 Å². The molecule has 0 bridgehead atoms. The second-order valence-electron chi connectivity index (χ2n) is 4.61. The molecule has 0 spiro atoms. The quantitative estimate of drug-likeness (QED) is 0.891. The minimum absolute atomic E-state index is 0.473. The third-order valence-corrected chi connectivity index (χ3v) is 3.67. The summed E-state index contributed by atoms with van der Waals surface area (Å²) in [7, 11) is 0. The summed E-state index contributed by atoms with van der Waals surface area (Å²) in [6.07, 6.45) is 5.42. The lowest BCUT2D eigenvalue weighted by atomic mass is 10.1. The molecule has 2 N–H and O–H groups in total. The minimum atomic E-state index is 0.473. The van der Waals surface area contributed by atoms with Gasteiger partial charge in [-0.2, -0.15) is 4.98 Å². The van der Waals surface area contributed by atoms with E-state index in [-0.39, 0.29) is 0 Å². The average Bonchev–Trinajstić information content (AvgIpc) is 2.57. The summed E-state index contributed by atoms with van der Waals surface area (Å²) in [5.41, 5.74) is 0.868. The smallest absolute Gasteiger partial charge is 0.243 e. The van der Waals surface area contributed by atoms with Crippen LogP contribution in [0.1, 0.15) is 19.3 Å². The van der Waals surface area contributed by atoms with Gasteiger partial charge in [0.2, 0.25) is 5.95 Å². The molecule has 3 heterocycles. The van der Waals surface area contributed by atoms with Gasteiger partial charge in [0.15, 0.2) is 5.65 Å². The fraction of sp³-hybridized carbons (Fsp3) is 0.500. The van der Waals surface area contributed by atoms with Gasteiger partial charge < -0.3 is 10.6 Å². The molecule has 1 saturated heterocycles. The molecule has 1 unspecified atom stereocenters. The van der Waals surface area contributed by atoms with Crippen molar-refractivity contribution in [3.8, 4) is 0 Å². The second-order valence-corrected chi connectivity index (χ2v) is 5.52. The molecule has 2 aromatic heterocycles. The van der Waals surface area contributed by atoms with Gasteiger partial charge in [-0.05, 0) is 60.4 Å². The maximum Gasteiger partial charge on any atom is 0.243 e. The first-order chi connectivity index (χ1) is 8.81. The van der Waals surface area contributed by atoms with E-state index in [4.69, 9.17) is 0 Å². The fourth-order valence-corrected chi connectivity index (χ4v) is 2.59. The molecule has 2 aromatic rings. The Kier molecular flexibility index (Phi) is 3.47. The predicted octanol–water partition coefficient (Wildman–Crippen LogP) is 2.05. The Balaban J connectivity index is 1.77. The van der Waals surface area contributed by atoms with E-state index in [0.29, 0.717) is 6.04 Å². The molecule has 6 heteroatoms. The van der Waals surface area contributed by atoms with E-state index in [1.165, 1.54) is 12.8 Å². The zero-order valence-corrected chi connectivity index (χ0v) is 11.7. The monoisotopic (exact) mass is 309 g/mol. The number of hydrogen-bond acceptors (Lipinski definition) is 4. The van der Waals surface area contributed by atoms with Crippen LogP contribution in [0, 0.1) is 0 Å². The molecule has 0 saturated carbocycles. The zero-order chi connectivity index (χ0) is 12.4. The highest BCUT2D eigenvalue weighted by Crippen LogP contribution is 2.14. The summed E-state index contributed by atoms with van der Waals surface area (Å²) >= 11 is 3.43. The Morgan fingerprint density at radius 3 is 3.22 bits per heavy atom. The van der Waals surface area contributed by atoms with Crippen molar-refractivity contribution in [1.29, 1.82) is 0 Å². The van der Waals surface area contributed by atoms with Gasteiger partial charge in [-0.25, -0.2) is 4.52 Å². The standard InChI is InChI=1S/C12H16BrN5/c13-9-3-4-11-16-12(17-18(11)8-9)15-10-2-1-6-14-7-5-10/h3-4,8,10,14H,1-2,5-7H2,(H,15,17). The molecular formula is C12H16BrN5. The number of halogens is 1. The van der Waals surface area contributed by atoms with E-state index in [2.05, 4.69) is 36.6 Å². The van der Waals surface area contributed by atoms with Crippen molar-refractivity contribution < 1.29 is 0 Å². The minimum Gasteiger partial charge on any atom is -0.350 e. The van der Waals surface area contributed by atoms with Crippen molar-refractivity contribution in [1.82, 2.24) is 19.9 Å². The zero-order valence-electron chi connectivity index (χ0n) is 10.1. The van der Waals surface area contributed by atoms with Crippen LogP contribution in [0.5, 0.6) is 0 Å². The maximum absolute atomic E-state index is 4.48. The largest absolute Gasteiger partial charge is 0.350 e. The molecule has 0 radical (unpaired) electrons. The van der Waals surface area contributed by atoms with Crippen LogP contribution in [-0.4, -0.2) is 33.7 Å². The van der Waals surface area contributed by atoms with E-state index < -0.39 is 0 Å². The van der Waals surface area contributed by atoms with Gasteiger partial charge in [0.1, 0.15) is 0 Å². The number of fused-ring (bicyclic) bond motifs is 1. The van der Waals surface area contributed by atoms with Crippen molar-refractivity contribution in [2.45, 2.75) is 25.3 Å². The molecule has 1 atom stereocenters. The fourth-order valence-electron chi connectivity index (χ4n) is 2.27.